The summed E-state index contributed by atoms with van der Waals surface area (Å²) in [4.78, 5) is 34.5. The summed E-state index contributed by atoms with van der Waals surface area (Å²) in [7, 11) is 0. The number of para-hydroxylation sites is 2. The fourth-order valence-electron chi connectivity index (χ4n) is 3.39. The third-order valence-electron chi connectivity index (χ3n) is 5.13. The van der Waals surface area contributed by atoms with Crippen molar-refractivity contribution in [2.24, 2.45) is 0 Å². The van der Waals surface area contributed by atoms with Gasteiger partial charge in [0.05, 0.1) is 16.8 Å². The van der Waals surface area contributed by atoms with E-state index < -0.39 is 18.0 Å². The van der Waals surface area contributed by atoms with E-state index in [0.717, 1.165) is 11.3 Å². The molecule has 0 fully saturated rings. The third-order valence-corrected chi connectivity index (χ3v) is 5.89. The van der Waals surface area contributed by atoms with Gasteiger partial charge in [-0.25, -0.2) is 14.8 Å². The fourth-order valence-corrected chi connectivity index (χ4v) is 4.11. The first-order valence-corrected chi connectivity index (χ1v) is 11.4. The molecule has 7 nitrogen and oxygen atoms in total. The van der Waals surface area contributed by atoms with Crippen molar-refractivity contribution in [3.8, 4) is 22.7 Å². The number of ether oxygens (including phenoxy) is 1. The van der Waals surface area contributed by atoms with Gasteiger partial charge in [-0.2, -0.15) is 0 Å². The first-order chi connectivity index (χ1) is 16.6. The Morgan fingerprint density at radius 2 is 1.68 bits per heavy atom. The van der Waals surface area contributed by atoms with E-state index in [9.17, 15) is 9.59 Å². The van der Waals surface area contributed by atoms with Crippen LogP contribution in [-0.4, -0.2) is 27.9 Å². The normalized spacial score (nSPS) is 11.8. The van der Waals surface area contributed by atoms with Crippen molar-refractivity contribution in [3.63, 3.8) is 0 Å². The molecule has 1 atom stereocenters. The molecule has 3 aromatic carbocycles. The number of anilines is 1. The lowest BCUT2D eigenvalue weighted by molar-refractivity contribution is -0.123. The summed E-state index contributed by atoms with van der Waals surface area (Å²) in [6.45, 7) is 1.51. The first kappa shape index (κ1) is 21.5. The Morgan fingerprint density at radius 1 is 0.941 bits per heavy atom. The van der Waals surface area contributed by atoms with E-state index in [-0.39, 0.29) is 5.56 Å². The number of hydrogen-bond donors (Lipinski definition) is 1. The monoisotopic (exact) mass is 469 g/mol. The van der Waals surface area contributed by atoms with Gasteiger partial charge in [-0.1, -0.05) is 54.6 Å². The van der Waals surface area contributed by atoms with Crippen LogP contribution in [0.4, 0.5) is 5.13 Å². The molecule has 0 spiro atoms. The SMILES string of the molecule is CC(OC(=O)c1ccccc1-c1nc2ccccc2o1)C(=O)Nc1nc(-c2ccccc2)cs1. The number of thiazole rings is 1. The summed E-state index contributed by atoms with van der Waals surface area (Å²) in [6, 6.07) is 23.9. The quantitative estimate of drug-likeness (QED) is 0.316. The lowest BCUT2D eigenvalue weighted by Crippen LogP contribution is -2.30. The fraction of sp³-hybridized carbons (Fsp3) is 0.0769. The molecule has 1 N–H and O–H groups in total. The maximum Gasteiger partial charge on any atom is 0.339 e. The molecule has 1 amide bonds. The second-order valence-corrected chi connectivity index (χ2v) is 8.33. The van der Waals surface area contributed by atoms with E-state index in [0.29, 0.717) is 27.7 Å². The van der Waals surface area contributed by atoms with E-state index in [1.165, 1.54) is 18.3 Å². The van der Waals surface area contributed by atoms with Gasteiger partial charge < -0.3 is 9.15 Å². The molecule has 0 radical (unpaired) electrons. The Labute approximate surface area is 199 Å². The van der Waals surface area contributed by atoms with E-state index in [2.05, 4.69) is 15.3 Å². The number of nitrogens with one attached hydrogen (secondary N) is 1. The van der Waals surface area contributed by atoms with Gasteiger partial charge in [-0.05, 0) is 31.2 Å². The predicted molar refractivity (Wildman–Crippen MR) is 131 cm³/mol. The van der Waals surface area contributed by atoms with E-state index >= 15 is 0 Å². The molecule has 168 valence electrons. The molecule has 0 aliphatic carbocycles. The lowest BCUT2D eigenvalue weighted by Gasteiger charge is -2.13. The Morgan fingerprint density at radius 3 is 2.50 bits per heavy atom. The molecule has 2 aromatic heterocycles. The van der Waals surface area contributed by atoms with Crippen LogP contribution in [0.1, 0.15) is 17.3 Å². The highest BCUT2D eigenvalue weighted by Crippen LogP contribution is 2.28. The topological polar surface area (TPSA) is 94.3 Å². The summed E-state index contributed by atoms with van der Waals surface area (Å²) in [5.74, 6) is -0.812. The van der Waals surface area contributed by atoms with E-state index in [1.54, 1.807) is 30.3 Å². The molecule has 1 unspecified atom stereocenters. The van der Waals surface area contributed by atoms with Crippen LogP contribution >= 0.6 is 11.3 Å². The van der Waals surface area contributed by atoms with Crippen molar-refractivity contribution >= 4 is 39.4 Å². The largest absolute Gasteiger partial charge is 0.449 e. The van der Waals surface area contributed by atoms with Crippen LogP contribution in [0.15, 0.2) is 88.7 Å². The number of carbonyl (C=O) groups excluding carboxylic acids is 2. The second-order valence-electron chi connectivity index (χ2n) is 7.47. The summed E-state index contributed by atoms with van der Waals surface area (Å²) in [6.07, 6.45) is -1.03. The average molecular weight is 470 g/mol. The highest BCUT2D eigenvalue weighted by molar-refractivity contribution is 7.14. The number of rotatable bonds is 6. The zero-order chi connectivity index (χ0) is 23.5. The van der Waals surface area contributed by atoms with Crippen LogP contribution in [-0.2, 0) is 9.53 Å². The maximum absolute atomic E-state index is 12.9. The average Bonchev–Trinajstić information content (AvgIpc) is 3.51. The molecule has 34 heavy (non-hydrogen) atoms. The van der Waals surface area contributed by atoms with Crippen LogP contribution in [0.25, 0.3) is 33.8 Å². The molecule has 0 bridgehead atoms. The number of amides is 1. The smallest absolute Gasteiger partial charge is 0.339 e. The minimum absolute atomic E-state index is 0.259. The molecule has 8 heteroatoms. The molecule has 5 aromatic rings. The van der Waals surface area contributed by atoms with Gasteiger partial charge in [-0.15, -0.1) is 11.3 Å². The zero-order valence-electron chi connectivity index (χ0n) is 18.1. The Hall–Kier alpha value is -4.30. The number of carbonyl (C=O) groups is 2. The molecule has 2 heterocycles. The number of oxazole rings is 1. The molecular formula is C26H19N3O4S. The van der Waals surface area contributed by atoms with Gasteiger partial charge in [0, 0.05) is 10.9 Å². The number of hydrogen-bond acceptors (Lipinski definition) is 7. The first-order valence-electron chi connectivity index (χ1n) is 10.6. The number of fused-ring (bicyclic) bond motifs is 1. The van der Waals surface area contributed by atoms with Crippen molar-refractivity contribution in [2.45, 2.75) is 13.0 Å². The van der Waals surface area contributed by atoms with Gasteiger partial charge in [-0.3, -0.25) is 10.1 Å². The lowest BCUT2D eigenvalue weighted by atomic mass is 10.1. The number of aromatic nitrogens is 2. The van der Waals surface area contributed by atoms with Crippen molar-refractivity contribution in [1.82, 2.24) is 9.97 Å². The standard InChI is InChI=1S/C26H19N3O4S/c1-16(23(30)29-26-28-21(15-34-26)17-9-3-2-4-10-17)32-25(31)19-12-6-5-11-18(19)24-27-20-13-7-8-14-22(20)33-24/h2-16H,1H3,(H,28,29,30). The molecule has 0 saturated heterocycles. The van der Waals surface area contributed by atoms with Crippen molar-refractivity contribution in [1.29, 1.82) is 0 Å². The van der Waals surface area contributed by atoms with Gasteiger partial charge in [0.15, 0.2) is 16.8 Å². The number of benzene rings is 3. The van der Waals surface area contributed by atoms with Crippen molar-refractivity contribution in [2.75, 3.05) is 5.32 Å². The molecule has 0 aliphatic heterocycles. The van der Waals surface area contributed by atoms with E-state index in [1.807, 2.05) is 53.9 Å². The van der Waals surface area contributed by atoms with Crippen molar-refractivity contribution in [3.05, 3.63) is 89.8 Å². The van der Waals surface area contributed by atoms with Gasteiger partial charge in [0.2, 0.25) is 5.89 Å². The van der Waals surface area contributed by atoms with Crippen LogP contribution in [0.5, 0.6) is 0 Å². The molecule has 0 saturated carbocycles. The van der Waals surface area contributed by atoms with Crippen LogP contribution < -0.4 is 5.32 Å². The highest BCUT2D eigenvalue weighted by Gasteiger charge is 2.23. The zero-order valence-corrected chi connectivity index (χ0v) is 18.9. The third kappa shape index (κ3) is 4.44. The predicted octanol–water partition coefficient (Wildman–Crippen LogP) is 5.80. The summed E-state index contributed by atoms with van der Waals surface area (Å²) in [5, 5.41) is 5.00. The molecular weight excluding hydrogens is 450 g/mol. The number of esters is 1. The minimum atomic E-state index is -1.03. The number of nitrogens with zero attached hydrogens (tertiary/aromatic N) is 2. The Kier molecular flexibility index (Phi) is 5.88. The Balaban J connectivity index is 1.29. The summed E-state index contributed by atoms with van der Waals surface area (Å²) >= 11 is 1.30. The van der Waals surface area contributed by atoms with Crippen LogP contribution in [0, 0.1) is 0 Å². The maximum atomic E-state index is 12.9. The summed E-state index contributed by atoms with van der Waals surface area (Å²) < 4.78 is 11.3. The van der Waals surface area contributed by atoms with Crippen LogP contribution in [0.3, 0.4) is 0 Å². The van der Waals surface area contributed by atoms with Crippen molar-refractivity contribution < 1.29 is 18.7 Å². The Bertz CT molecular complexity index is 1440. The molecule has 0 aliphatic rings. The van der Waals surface area contributed by atoms with E-state index in [4.69, 9.17) is 9.15 Å². The molecule has 5 rings (SSSR count). The second kappa shape index (κ2) is 9.29. The highest BCUT2D eigenvalue weighted by atomic mass is 32.1. The van der Waals surface area contributed by atoms with Gasteiger partial charge >= 0.3 is 5.97 Å². The van der Waals surface area contributed by atoms with Gasteiger partial charge in [0.1, 0.15) is 5.52 Å². The van der Waals surface area contributed by atoms with Crippen LogP contribution in [0.2, 0.25) is 0 Å². The minimum Gasteiger partial charge on any atom is -0.449 e. The summed E-state index contributed by atoms with van der Waals surface area (Å²) in [5.41, 5.74) is 3.77. The van der Waals surface area contributed by atoms with Gasteiger partial charge in [0.25, 0.3) is 5.91 Å².